The summed E-state index contributed by atoms with van der Waals surface area (Å²) in [5.41, 5.74) is 7.45. The summed E-state index contributed by atoms with van der Waals surface area (Å²) in [7, 11) is 0. The van der Waals surface area contributed by atoms with Gasteiger partial charge in [0.05, 0.1) is 5.69 Å². The molecule has 7 heteroatoms. The lowest BCUT2D eigenvalue weighted by atomic mass is 9.86. The minimum absolute atomic E-state index is 0.291. The van der Waals surface area contributed by atoms with Crippen LogP contribution in [0, 0.1) is 17.8 Å². The molecule has 7 rings (SSSR count). The Hall–Kier alpha value is -2.44. The lowest BCUT2D eigenvalue weighted by Gasteiger charge is -2.30. The average molecular weight is 349 g/mol. The molecule has 2 bridgehead atoms. The van der Waals surface area contributed by atoms with E-state index >= 15 is 0 Å². The van der Waals surface area contributed by atoms with Crippen LogP contribution in [-0.2, 0) is 0 Å². The monoisotopic (exact) mass is 349 g/mol. The van der Waals surface area contributed by atoms with Crippen molar-refractivity contribution in [2.24, 2.45) is 17.8 Å². The molecule has 0 radical (unpaired) electrons. The topological polar surface area (TPSA) is 84.1 Å². The van der Waals surface area contributed by atoms with Crippen molar-refractivity contribution in [2.45, 2.75) is 31.7 Å². The molecule has 2 unspecified atom stereocenters. The van der Waals surface area contributed by atoms with Gasteiger partial charge in [-0.05, 0) is 43.4 Å². The van der Waals surface area contributed by atoms with E-state index < -0.39 is 0 Å². The van der Waals surface area contributed by atoms with Crippen LogP contribution in [0.2, 0.25) is 0 Å². The Bertz CT molecular complexity index is 845. The molecular formula is C19H23N7. The predicted octanol–water partition coefficient (Wildman–Crippen LogP) is 1.96. The highest BCUT2D eigenvalue weighted by Gasteiger charge is 2.45. The van der Waals surface area contributed by atoms with Crippen molar-refractivity contribution in [3.05, 3.63) is 18.5 Å². The van der Waals surface area contributed by atoms with Gasteiger partial charge in [-0.2, -0.15) is 4.98 Å². The molecule has 2 aliphatic carbocycles. The molecule has 7 nitrogen and oxygen atoms in total. The first-order valence-corrected chi connectivity index (χ1v) is 9.71. The number of nitrogens with zero attached hydrogens (tertiary/aromatic N) is 6. The number of nitrogen functional groups attached to an aromatic ring is 1. The molecule has 2 aromatic rings. The van der Waals surface area contributed by atoms with Crippen LogP contribution in [0.3, 0.4) is 0 Å². The summed E-state index contributed by atoms with van der Waals surface area (Å²) in [5.74, 6) is 4.87. The summed E-state index contributed by atoms with van der Waals surface area (Å²) < 4.78 is 0. The maximum absolute atomic E-state index is 5.65. The van der Waals surface area contributed by atoms with Crippen molar-refractivity contribution in [1.29, 1.82) is 0 Å². The summed E-state index contributed by atoms with van der Waals surface area (Å²) in [6.07, 6.45) is 8.79. The second-order valence-corrected chi connectivity index (χ2v) is 8.38. The number of hydrogen-bond acceptors (Lipinski definition) is 7. The number of nitrogens with two attached hydrogens (primary N) is 1. The summed E-state index contributed by atoms with van der Waals surface area (Å²) >= 11 is 0. The van der Waals surface area contributed by atoms with Gasteiger partial charge in [-0.3, -0.25) is 0 Å². The number of anilines is 3. The summed E-state index contributed by atoms with van der Waals surface area (Å²) in [6, 6.07) is 2.72. The van der Waals surface area contributed by atoms with Crippen LogP contribution in [0.1, 0.15) is 25.7 Å². The number of fused-ring (bicyclic) bond motifs is 2. The Kier molecular flexibility index (Phi) is 2.99. The van der Waals surface area contributed by atoms with Crippen molar-refractivity contribution >= 4 is 17.7 Å². The molecular weight excluding hydrogens is 326 g/mol. The van der Waals surface area contributed by atoms with E-state index in [9.17, 15) is 0 Å². The van der Waals surface area contributed by atoms with Gasteiger partial charge in [0.25, 0.3) is 0 Å². The fraction of sp³-hybridized carbons (Fsp3) is 0.579. The Morgan fingerprint density at radius 1 is 1.00 bits per heavy atom. The van der Waals surface area contributed by atoms with Crippen molar-refractivity contribution in [1.82, 2.24) is 19.9 Å². The van der Waals surface area contributed by atoms with Gasteiger partial charge < -0.3 is 15.5 Å². The van der Waals surface area contributed by atoms with E-state index in [2.05, 4.69) is 25.8 Å². The normalized spacial score (nSPS) is 31.5. The van der Waals surface area contributed by atoms with E-state index in [1.165, 1.54) is 25.7 Å². The second-order valence-electron chi connectivity index (χ2n) is 8.38. The average Bonchev–Trinajstić information content (AvgIpc) is 3.11. The van der Waals surface area contributed by atoms with Crippen LogP contribution < -0.4 is 15.5 Å². The van der Waals surface area contributed by atoms with Gasteiger partial charge in [0.1, 0.15) is 5.82 Å². The largest absolute Gasteiger partial charge is 0.368 e. The fourth-order valence-corrected chi connectivity index (χ4v) is 4.90. The molecule has 3 aliphatic heterocycles. The van der Waals surface area contributed by atoms with E-state index in [0.717, 1.165) is 60.4 Å². The molecule has 0 aromatic carbocycles. The minimum atomic E-state index is 0.291. The maximum Gasteiger partial charge on any atom is 0.228 e. The van der Waals surface area contributed by atoms with Crippen LogP contribution in [0.15, 0.2) is 18.5 Å². The van der Waals surface area contributed by atoms with Crippen LogP contribution >= 0.6 is 0 Å². The minimum Gasteiger partial charge on any atom is -0.368 e. The number of hydrogen-bond donors (Lipinski definition) is 1. The van der Waals surface area contributed by atoms with Crippen molar-refractivity contribution in [2.75, 3.05) is 35.2 Å². The predicted molar refractivity (Wildman–Crippen MR) is 99.8 cm³/mol. The van der Waals surface area contributed by atoms with Crippen LogP contribution in [0.5, 0.6) is 0 Å². The van der Waals surface area contributed by atoms with Crippen molar-refractivity contribution in [3.8, 4) is 11.3 Å². The molecule has 0 amide bonds. The Balaban J connectivity index is 1.40. The number of aromatic nitrogens is 4. The summed E-state index contributed by atoms with van der Waals surface area (Å²) in [6.45, 7) is 3.32. The van der Waals surface area contributed by atoms with E-state index in [0.29, 0.717) is 12.0 Å². The van der Waals surface area contributed by atoms with Crippen molar-refractivity contribution < 1.29 is 0 Å². The standard InChI is InChI=1S/C19H23N7/c20-18-21-7-14(8-22-18)16-6-17(25-2-1-12-5-13(12)10-25)24-19(23-16)26-9-11-3-15(26)4-11/h6-8,11-13,15H,1-5,9-10H2,(H2,20,21,22). The van der Waals surface area contributed by atoms with E-state index in [1.54, 1.807) is 12.4 Å². The van der Waals surface area contributed by atoms with E-state index in [1.807, 2.05) is 0 Å². The summed E-state index contributed by atoms with van der Waals surface area (Å²) in [5, 5.41) is 0. The molecule has 0 spiro atoms. The second kappa shape index (κ2) is 5.28. The molecule has 5 aliphatic rings. The first-order chi connectivity index (χ1) is 12.7. The Morgan fingerprint density at radius 3 is 2.58 bits per heavy atom. The summed E-state index contributed by atoms with van der Waals surface area (Å²) in [4.78, 5) is 23.0. The zero-order valence-corrected chi connectivity index (χ0v) is 14.8. The van der Waals surface area contributed by atoms with E-state index in [-0.39, 0.29) is 0 Å². The first-order valence-electron chi connectivity index (χ1n) is 9.71. The molecule has 5 heterocycles. The SMILES string of the molecule is Nc1ncc(-c2cc(N3CCC4CC4C3)nc(N3CC4CC3C4)n2)cn1. The maximum atomic E-state index is 5.65. The fourth-order valence-electron chi connectivity index (χ4n) is 4.90. The van der Waals surface area contributed by atoms with Crippen LogP contribution in [0.25, 0.3) is 11.3 Å². The molecule has 5 fully saturated rings. The highest BCUT2D eigenvalue weighted by atomic mass is 15.3. The molecule has 2 aromatic heterocycles. The van der Waals surface area contributed by atoms with Gasteiger partial charge in [-0.25, -0.2) is 15.0 Å². The Labute approximate surface area is 152 Å². The van der Waals surface area contributed by atoms with Gasteiger partial charge in [0, 0.05) is 49.7 Å². The molecule has 3 saturated heterocycles. The zero-order valence-electron chi connectivity index (χ0n) is 14.8. The molecule has 134 valence electrons. The van der Waals surface area contributed by atoms with Gasteiger partial charge in [0.15, 0.2) is 0 Å². The molecule has 2 saturated carbocycles. The van der Waals surface area contributed by atoms with Gasteiger partial charge in [-0.15, -0.1) is 0 Å². The third-order valence-corrected chi connectivity index (χ3v) is 6.65. The molecule has 2 atom stereocenters. The smallest absolute Gasteiger partial charge is 0.228 e. The van der Waals surface area contributed by atoms with Gasteiger partial charge in [0.2, 0.25) is 11.9 Å². The highest BCUT2D eigenvalue weighted by molar-refractivity contribution is 5.64. The lowest BCUT2D eigenvalue weighted by molar-refractivity contribution is 0.380. The molecule has 2 N–H and O–H groups in total. The third kappa shape index (κ3) is 2.33. The first kappa shape index (κ1) is 14.7. The zero-order chi connectivity index (χ0) is 17.3. The molecule has 26 heavy (non-hydrogen) atoms. The quantitative estimate of drug-likeness (QED) is 0.907. The number of piperidine rings is 1. The van der Waals surface area contributed by atoms with Gasteiger partial charge >= 0.3 is 0 Å². The lowest BCUT2D eigenvalue weighted by Crippen LogP contribution is -2.34. The van der Waals surface area contributed by atoms with E-state index in [4.69, 9.17) is 15.7 Å². The third-order valence-electron chi connectivity index (χ3n) is 6.65. The van der Waals surface area contributed by atoms with Crippen LogP contribution in [0.4, 0.5) is 17.7 Å². The van der Waals surface area contributed by atoms with Crippen LogP contribution in [-0.4, -0.2) is 45.6 Å². The highest BCUT2D eigenvalue weighted by Crippen LogP contribution is 2.46. The Morgan fingerprint density at radius 2 is 1.85 bits per heavy atom. The van der Waals surface area contributed by atoms with Gasteiger partial charge in [-0.1, -0.05) is 0 Å². The number of rotatable bonds is 3. The van der Waals surface area contributed by atoms with Crippen molar-refractivity contribution in [3.63, 3.8) is 0 Å².